The number of ether oxygens (including phenoxy) is 1. The molecule has 0 radical (unpaired) electrons. The average molecular weight is 294 g/mol. The Hall–Kier alpha value is -1.95. The lowest BCUT2D eigenvalue weighted by Crippen LogP contribution is -2.04. The maximum absolute atomic E-state index is 13.5. The summed E-state index contributed by atoms with van der Waals surface area (Å²) in [5.74, 6) is -0.626. The van der Waals surface area contributed by atoms with Gasteiger partial charge in [-0.3, -0.25) is 0 Å². The van der Waals surface area contributed by atoms with E-state index in [1.807, 2.05) is 0 Å². The third kappa shape index (κ3) is 3.14. The van der Waals surface area contributed by atoms with E-state index in [-0.39, 0.29) is 11.5 Å². The molecular weight excluding hydrogens is 279 g/mol. The van der Waals surface area contributed by atoms with Gasteiger partial charge in [0, 0.05) is 11.9 Å². The molecule has 0 bridgehead atoms. The van der Waals surface area contributed by atoms with Crippen LogP contribution in [0.5, 0.6) is 0 Å². The fourth-order valence-electron chi connectivity index (χ4n) is 1.87. The highest BCUT2D eigenvalue weighted by Gasteiger charge is 2.10. The summed E-state index contributed by atoms with van der Waals surface area (Å²) < 4.78 is 18.1. The monoisotopic (exact) mass is 294 g/mol. The molecule has 0 amide bonds. The summed E-state index contributed by atoms with van der Waals surface area (Å²) in [5.41, 5.74) is 2.50. The van der Waals surface area contributed by atoms with Crippen LogP contribution in [-0.2, 0) is 11.3 Å². The third-order valence-corrected chi connectivity index (χ3v) is 3.64. The van der Waals surface area contributed by atoms with Crippen LogP contribution in [0.1, 0.15) is 27.2 Å². The molecule has 0 aliphatic heterocycles. The molecule has 0 fully saturated rings. The van der Waals surface area contributed by atoms with Crippen molar-refractivity contribution in [2.24, 2.45) is 0 Å². The lowest BCUT2D eigenvalue weighted by Gasteiger charge is -2.07. The Morgan fingerprint density at radius 2 is 2.05 bits per heavy atom. The Kier molecular flexibility index (Phi) is 4.34. The molecule has 1 N–H and O–H groups in total. The number of methoxy groups -OCH3 is 1. The molecule has 0 atom stereocenters. The highest BCUT2D eigenvalue weighted by molar-refractivity contribution is 7.13. The SMILES string of the molecule is COC(=O)c1csc(NCc2cc(C)c(F)c(C)c2)n1. The first-order chi connectivity index (χ1) is 9.51. The summed E-state index contributed by atoms with van der Waals surface area (Å²) in [5, 5.41) is 5.38. The number of nitrogens with zero attached hydrogens (tertiary/aromatic N) is 1. The number of thiazole rings is 1. The van der Waals surface area contributed by atoms with Gasteiger partial charge in [0.25, 0.3) is 0 Å². The second-order valence-electron chi connectivity index (χ2n) is 4.43. The number of hydrogen-bond donors (Lipinski definition) is 1. The summed E-state index contributed by atoms with van der Waals surface area (Å²) in [4.78, 5) is 15.4. The first kappa shape index (κ1) is 14.5. The largest absolute Gasteiger partial charge is 0.464 e. The van der Waals surface area contributed by atoms with Crippen molar-refractivity contribution >= 4 is 22.4 Å². The Morgan fingerprint density at radius 1 is 1.40 bits per heavy atom. The third-order valence-electron chi connectivity index (χ3n) is 2.84. The normalized spacial score (nSPS) is 10.4. The van der Waals surface area contributed by atoms with Gasteiger partial charge in [-0.25, -0.2) is 14.2 Å². The van der Waals surface area contributed by atoms with Crippen LogP contribution >= 0.6 is 11.3 Å². The molecule has 0 aliphatic rings. The number of aromatic nitrogens is 1. The number of benzene rings is 1. The number of nitrogens with one attached hydrogen (secondary N) is 1. The van der Waals surface area contributed by atoms with Gasteiger partial charge in [0.2, 0.25) is 0 Å². The van der Waals surface area contributed by atoms with E-state index in [1.54, 1.807) is 31.4 Å². The van der Waals surface area contributed by atoms with Crippen molar-refractivity contribution < 1.29 is 13.9 Å². The van der Waals surface area contributed by atoms with Crippen LogP contribution in [0, 0.1) is 19.7 Å². The number of anilines is 1. The fourth-order valence-corrected chi connectivity index (χ4v) is 2.55. The topological polar surface area (TPSA) is 51.2 Å². The molecule has 0 saturated carbocycles. The minimum Gasteiger partial charge on any atom is -0.464 e. The summed E-state index contributed by atoms with van der Waals surface area (Å²) in [7, 11) is 1.32. The van der Waals surface area contributed by atoms with Gasteiger partial charge in [-0.1, -0.05) is 12.1 Å². The van der Waals surface area contributed by atoms with Crippen LogP contribution < -0.4 is 5.32 Å². The average Bonchev–Trinajstić information content (AvgIpc) is 2.90. The molecule has 1 heterocycles. The Balaban J connectivity index is 2.05. The van der Waals surface area contributed by atoms with Crippen molar-refractivity contribution in [3.05, 3.63) is 45.7 Å². The fraction of sp³-hybridized carbons (Fsp3) is 0.286. The number of hydrogen-bond acceptors (Lipinski definition) is 5. The highest BCUT2D eigenvalue weighted by atomic mass is 32.1. The number of rotatable bonds is 4. The molecule has 0 unspecified atom stereocenters. The van der Waals surface area contributed by atoms with Gasteiger partial charge in [0.1, 0.15) is 5.82 Å². The minimum atomic E-state index is -0.456. The van der Waals surface area contributed by atoms with E-state index in [0.717, 1.165) is 5.56 Å². The van der Waals surface area contributed by atoms with Crippen LogP contribution in [-0.4, -0.2) is 18.1 Å². The first-order valence-electron chi connectivity index (χ1n) is 6.04. The standard InChI is InChI=1S/C14H15FN2O2S/c1-8-4-10(5-9(2)12(8)15)6-16-14-17-11(7-20-14)13(18)19-3/h4-5,7H,6H2,1-3H3,(H,16,17). The number of halogens is 1. The van der Waals surface area contributed by atoms with Gasteiger partial charge < -0.3 is 10.1 Å². The van der Waals surface area contributed by atoms with Gasteiger partial charge in [0.05, 0.1) is 7.11 Å². The molecule has 0 spiro atoms. The zero-order valence-corrected chi connectivity index (χ0v) is 12.3. The van der Waals surface area contributed by atoms with Gasteiger partial charge in [-0.2, -0.15) is 0 Å². The van der Waals surface area contributed by atoms with E-state index in [9.17, 15) is 9.18 Å². The second kappa shape index (κ2) is 6.00. The van der Waals surface area contributed by atoms with Crippen LogP contribution in [0.2, 0.25) is 0 Å². The van der Waals surface area contributed by atoms with Crippen molar-refractivity contribution in [2.75, 3.05) is 12.4 Å². The van der Waals surface area contributed by atoms with E-state index < -0.39 is 5.97 Å². The van der Waals surface area contributed by atoms with Crippen LogP contribution in [0.3, 0.4) is 0 Å². The molecule has 0 saturated heterocycles. The molecule has 6 heteroatoms. The maximum atomic E-state index is 13.5. The van der Waals surface area contributed by atoms with E-state index in [0.29, 0.717) is 22.8 Å². The van der Waals surface area contributed by atoms with E-state index >= 15 is 0 Å². The predicted octanol–water partition coefficient (Wildman–Crippen LogP) is 3.30. The van der Waals surface area contributed by atoms with Crippen molar-refractivity contribution in [3.63, 3.8) is 0 Å². The van der Waals surface area contributed by atoms with Crippen molar-refractivity contribution in [3.8, 4) is 0 Å². The number of carbonyl (C=O) groups is 1. The molecule has 2 rings (SSSR count). The molecule has 2 aromatic rings. The first-order valence-corrected chi connectivity index (χ1v) is 6.92. The maximum Gasteiger partial charge on any atom is 0.357 e. The molecule has 0 aliphatic carbocycles. The Labute approximate surface area is 120 Å². The van der Waals surface area contributed by atoms with Crippen LogP contribution in [0.4, 0.5) is 9.52 Å². The molecule has 106 valence electrons. The second-order valence-corrected chi connectivity index (χ2v) is 5.28. The zero-order chi connectivity index (χ0) is 14.7. The summed E-state index contributed by atoms with van der Waals surface area (Å²) in [6.07, 6.45) is 0. The van der Waals surface area contributed by atoms with Crippen molar-refractivity contribution in [1.82, 2.24) is 4.98 Å². The van der Waals surface area contributed by atoms with Gasteiger partial charge >= 0.3 is 5.97 Å². The van der Waals surface area contributed by atoms with Gasteiger partial charge in [-0.05, 0) is 30.5 Å². The molecular formula is C14H15FN2O2S. The Bertz CT molecular complexity index is 617. The number of esters is 1. The minimum absolute atomic E-state index is 0.170. The van der Waals surface area contributed by atoms with E-state index in [1.165, 1.54) is 18.4 Å². The van der Waals surface area contributed by atoms with Crippen molar-refractivity contribution in [1.29, 1.82) is 0 Å². The van der Waals surface area contributed by atoms with Crippen molar-refractivity contribution in [2.45, 2.75) is 20.4 Å². The lowest BCUT2D eigenvalue weighted by molar-refractivity contribution is 0.0595. The van der Waals surface area contributed by atoms with Gasteiger partial charge in [-0.15, -0.1) is 11.3 Å². The summed E-state index contributed by atoms with van der Waals surface area (Å²) in [6, 6.07) is 3.59. The van der Waals surface area contributed by atoms with E-state index in [4.69, 9.17) is 0 Å². The van der Waals surface area contributed by atoms with Crippen LogP contribution in [0.25, 0.3) is 0 Å². The number of carbonyl (C=O) groups excluding carboxylic acids is 1. The molecule has 1 aromatic carbocycles. The molecule has 1 aromatic heterocycles. The lowest BCUT2D eigenvalue weighted by atomic mass is 10.1. The molecule has 4 nitrogen and oxygen atoms in total. The zero-order valence-electron chi connectivity index (χ0n) is 11.5. The van der Waals surface area contributed by atoms with Crippen LogP contribution in [0.15, 0.2) is 17.5 Å². The Morgan fingerprint density at radius 3 is 2.65 bits per heavy atom. The summed E-state index contributed by atoms with van der Waals surface area (Å²) in [6.45, 7) is 4.01. The quantitative estimate of drug-likeness (QED) is 0.879. The van der Waals surface area contributed by atoms with E-state index in [2.05, 4.69) is 15.0 Å². The highest BCUT2D eigenvalue weighted by Crippen LogP contribution is 2.19. The van der Waals surface area contributed by atoms with Gasteiger partial charge in [0.15, 0.2) is 10.8 Å². The molecule has 20 heavy (non-hydrogen) atoms. The summed E-state index contributed by atoms with van der Waals surface area (Å²) >= 11 is 1.33. The number of aryl methyl sites for hydroxylation is 2. The predicted molar refractivity (Wildman–Crippen MR) is 76.7 cm³/mol. The smallest absolute Gasteiger partial charge is 0.357 e.